The van der Waals surface area contributed by atoms with E-state index in [1.165, 1.54) is 0 Å². The van der Waals surface area contributed by atoms with Gasteiger partial charge in [0.1, 0.15) is 6.61 Å². The molecule has 0 aliphatic heterocycles. The highest BCUT2D eigenvalue weighted by Gasteiger charge is 2.20. The Balaban J connectivity index is 3.18. The third kappa shape index (κ3) is 4.63. The number of aliphatic hydroxyl groups excluding tert-OH is 1. The number of rotatable bonds is 4. The third-order valence-corrected chi connectivity index (χ3v) is 3.06. The predicted octanol–water partition coefficient (Wildman–Crippen LogP) is 2.10. The van der Waals surface area contributed by atoms with Crippen LogP contribution in [0.5, 0.6) is 0 Å². The molecule has 0 radical (unpaired) electrons. The summed E-state index contributed by atoms with van der Waals surface area (Å²) in [5, 5.41) is 17.6. The molecule has 4 nitrogen and oxygen atoms in total. The largest absolute Gasteiger partial charge is 0.384 e. The second-order valence-electron chi connectivity index (χ2n) is 5.01. The Labute approximate surface area is 126 Å². The van der Waals surface area contributed by atoms with E-state index in [4.69, 9.17) is 10.4 Å². The summed E-state index contributed by atoms with van der Waals surface area (Å²) in [6.45, 7) is 5.91. The first kappa shape index (κ1) is 16.8. The second-order valence-corrected chi connectivity index (χ2v) is 5.01. The van der Waals surface area contributed by atoms with Crippen LogP contribution >= 0.6 is 0 Å². The van der Waals surface area contributed by atoms with Crippen LogP contribution in [-0.4, -0.2) is 35.1 Å². The standard InChI is InChI=1S/C17H20N2O2/c1-13(2)19(10-5-9-18)17(21)16-8-7-14(3)12-15(16)6-4-11-20/h7-8,12-13,20H,5,10-11H2,1-3H3. The second kappa shape index (κ2) is 8.09. The molecule has 21 heavy (non-hydrogen) atoms. The monoisotopic (exact) mass is 284 g/mol. The van der Waals surface area contributed by atoms with Crippen LogP contribution < -0.4 is 0 Å². The summed E-state index contributed by atoms with van der Waals surface area (Å²) in [6, 6.07) is 7.51. The Morgan fingerprint density at radius 2 is 2.14 bits per heavy atom. The maximum absolute atomic E-state index is 12.7. The molecule has 0 atom stereocenters. The van der Waals surface area contributed by atoms with E-state index in [9.17, 15) is 4.79 Å². The van der Waals surface area contributed by atoms with Gasteiger partial charge in [-0.2, -0.15) is 5.26 Å². The number of nitriles is 1. The van der Waals surface area contributed by atoms with Crippen molar-refractivity contribution < 1.29 is 9.90 Å². The van der Waals surface area contributed by atoms with Gasteiger partial charge in [-0.1, -0.05) is 17.9 Å². The van der Waals surface area contributed by atoms with Gasteiger partial charge in [-0.15, -0.1) is 0 Å². The van der Waals surface area contributed by atoms with E-state index < -0.39 is 0 Å². The van der Waals surface area contributed by atoms with Crippen molar-refractivity contribution >= 4 is 5.91 Å². The molecule has 0 aliphatic carbocycles. The van der Waals surface area contributed by atoms with Gasteiger partial charge in [0, 0.05) is 18.2 Å². The number of aliphatic hydroxyl groups is 1. The van der Waals surface area contributed by atoms with Gasteiger partial charge >= 0.3 is 0 Å². The fraction of sp³-hybridized carbons (Fsp3) is 0.412. The van der Waals surface area contributed by atoms with Gasteiger partial charge in [0.25, 0.3) is 5.91 Å². The SMILES string of the molecule is Cc1ccc(C(=O)N(CCC#N)C(C)C)c(C#CCO)c1. The van der Waals surface area contributed by atoms with Crippen molar-refractivity contribution in [3.05, 3.63) is 34.9 Å². The molecule has 1 amide bonds. The van der Waals surface area contributed by atoms with E-state index in [-0.39, 0.29) is 18.6 Å². The summed E-state index contributed by atoms with van der Waals surface area (Å²) >= 11 is 0. The molecule has 1 aromatic rings. The lowest BCUT2D eigenvalue weighted by Gasteiger charge is -2.26. The Morgan fingerprint density at radius 1 is 1.43 bits per heavy atom. The van der Waals surface area contributed by atoms with Crippen LogP contribution in [0.25, 0.3) is 0 Å². The summed E-state index contributed by atoms with van der Waals surface area (Å²) in [7, 11) is 0. The maximum Gasteiger partial charge on any atom is 0.255 e. The van der Waals surface area contributed by atoms with Crippen LogP contribution in [0, 0.1) is 30.1 Å². The molecule has 0 saturated heterocycles. The molecular formula is C17H20N2O2. The van der Waals surface area contributed by atoms with E-state index >= 15 is 0 Å². The zero-order chi connectivity index (χ0) is 15.8. The number of carbonyl (C=O) groups is 1. The van der Waals surface area contributed by atoms with Gasteiger partial charge in [0.15, 0.2) is 0 Å². The Bertz CT molecular complexity index is 603. The van der Waals surface area contributed by atoms with E-state index in [0.717, 1.165) is 5.56 Å². The zero-order valence-electron chi connectivity index (χ0n) is 12.7. The molecule has 0 unspecified atom stereocenters. The van der Waals surface area contributed by atoms with Gasteiger partial charge < -0.3 is 10.0 Å². The van der Waals surface area contributed by atoms with E-state index in [0.29, 0.717) is 24.1 Å². The maximum atomic E-state index is 12.7. The quantitative estimate of drug-likeness (QED) is 0.861. The lowest BCUT2D eigenvalue weighted by atomic mass is 10.0. The molecule has 0 aliphatic rings. The fourth-order valence-electron chi connectivity index (χ4n) is 2.00. The molecule has 1 rings (SSSR count). The van der Waals surface area contributed by atoms with Gasteiger partial charge in [-0.25, -0.2) is 0 Å². The third-order valence-electron chi connectivity index (χ3n) is 3.06. The molecule has 110 valence electrons. The molecule has 4 heteroatoms. The minimum Gasteiger partial charge on any atom is -0.384 e. The van der Waals surface area contributed by atoms with E-state index in [1.54, 1.807) is 11.0 Å². The van der Waals surface area contributed by atoms with Crippen LogP contribution in [-0.2, 0) is 0 Å². The normalized spacial score (nSPS) is 9.71. The van der Waals surface area contributed by atoms with Crippen molar-refractivity contribution in [1.29, 1.82) is 5.26 Å². The fourth-order valence-corrected chi connectivity index (χ4v) is 2.00. The summed E-state index contributed by atoms with van der Waals surface area (Å²) < 4.78 is 0. The molecule has 1 N–H and O–H groups in total. The van der Waals surface area contributed by atoms with Crippen LogP contribution in [0.1, 0.15) is 41.8 Å². The zero-order valence-corrected chi connectivity index (χ0v) is 12.7. The molecule has 1 aromatic carbocycles. The van der Waals surface area contributed by atoms with Crippen molar-refractivity contribution in [1.82, 2.24) is 4.90 Å². The van der Waals surface area contributed by atoms with Crippen LogP contribution in [0.4, 0.5) is 0 Å². The van der Waals surface area contributed by atoms with Gasteiger partial charge in [0.2, 0.25) is 0 Å². The predicted molar refractivity (Wildman–Crippen MR) is 81.5 cm³/mol. The number of benzene rings is 1. The Kier molecular flexibility index (Phi) is 6.46. The average molecular weight is 284 g/mol. The number of nitrogens with zero attached hydrogens (tertiary/aromatic N) is 2. The lowest BCUT2D eigenvalue weighted by Crippen LogP contribution is -2.38. The van der Waals surface area contributed by atoms with Gasteiger partial charge in [-0.3, -0.25) is 4.79 Å². The number of hydrogen-bond donors (Lipinski definition) is 1. The molecule has 0 spiro atoms. The summed E-state index contributed by atoms with van der Waals surface area (Å²) in [4.78, 5) is 14.3. The van der Waals surface area contributed by atoms with E-state index in [1.807, 2.05) is 32.9 Å². The van der Waals surface area contributed by atoms with Gasteiger partial charge in [-0.05, 0) is 38.5 Å². The minimum absolute atomic E-state index is 0.00537. The van der Waals surface area contributed by atoms with Crippen molar-refractivity contribution in [3.63, 3.8) is 0 Å². The number of aryl methyl sites for hydroxylation is 1. The average Bonchev–Trinajstić information content (AvgIpc) is 2.45. The topological polar surface area (TPSA) is 64.3 Å². The lowest BCUT2D eigenvalue weighted by molar-refractivity contribution is 0.0710. The first-order chi connectivity index (χ1) is 10.0. The molecule has 0 heterocycles. The first-order valence-electron chi connectivity index (χ1n) is 6.89. The van der Waals surface area contributed by atoms with Gasteiger partial charge in [0.05, 0.1) is 18.1 Å². The van der Waals surface area contributed by atoms with Crippen molar-refractivity contribution in [2.24, 2.45) is 0 Å². The number of amides is 1. The first-order valence-corrected chi connectivity index (χ1v) is 6.89. The van der Waals surface area contributed by atoms with Crippen LogP contribution in [0.3, 0.4) is 0 Å². The minimum atomic E-state index is -0.246. The van der Waals surface area contributed by atoms with Crippen molar-refractivity contribution in [3.8, 4) is 17.9 Å². The Morgan fingerprint density at radius 3 is 2.71 bits per heavy atom. The Hall–Kier alpha value is -2.30. The van der Waals surface area contributed by atoms with Crippen molar-refractivity contribution in [2.45, 2.75) is 33.2 Å². The molecule has 0 saturated carbocycles. The van der Waals surface area contributed by atoms with E-state index in [2.05, 4.69) is 17.9 Å². The van der Waals surface area contributed by atoms with Crippen molar-refractivity contribution in [2.75, 3.05) is 13.2 Å². The molecule has 0 bridgehead atoms. The number of carbonyl (C=O) groups excluding carboxylic acids is 1. The summed E-state index contributed by atoms with van der Waals surface area (Å²) in [6.07, 6.45) is 0.299. The highest BCUT2D eigenvalue weighted by atomic mass is 16.2. The summed E-state index contributed by atoms with van der Waals surface area (Å²) in [5.41, 5.74) is 2.12. The highest BCUT2D eigenvalue weighted by Crippen LogP contribution is 2.15. The molecule has 0 fully saturated rings. The smallest absolute Gasteiger partial charge is 0.255 e. The van der Waals surface area contributed by atoms with Crippen LogP contribution in [0.2, 0.25) is 0 Å². The highest BCUT2D eigenvalue weighted by molar-refractivity contribution is 5.97. The van der Waals surface area contributed by atoms with Crippen LogP contribution in [0.15, 0.2) is 18.2 Å². The molecule has 0 aromatic heterocycles. The molecular weight excluding hydrogens is 264 g/mol. The summed E-state index contributed by atoms with van der Waals surface area (Å²) in [5.74, 6) is 5.27. The number of hydrogen-bond acceptors (Lipinski definition) is 3.